The van der Waals surface area contributed by atoms with E-state index in [9.17, 15) is 0 Å². The second kappa shape index (κ2) is 6.74. The molecule has 1 fully saturated rings. The molecule has 1 aromatic rings. The van der Waals surface area contributed by atoms with Gasteiger partial charge < -0.3 is 4.74 Å². The molecule has 0 radical (unpaired) electrons. The molecule has 0 saturated carbocycles. The maximum absolute atomic E-state index is 5.90. The molecule has 1 aromatic carbocycles. The van der Waals surface area contributed by atoms with E-state index in [-0.39, 0.29) is 6.10 Å². The van der Waals surface area contributed by atoms with E-state index in [0.29, 0.717) is 17.8 Å². The molecule has 1 aliphatic heterocycles. The largest absolute Gasteiger partial charge is 0.374 e. The highest BCUT2D eigenvalue weighted by molar-refractivity contribution is 6.18. The third-order valence-corrected chi connectivity index (χ3v) is 4.18. The van der Waals surface area contributed by atoms with Crippen molar-refractivity contribution in [1.29, 1.82) is 0 Å². The lowest BCUT2D eigenvalue weighted by atomic mass is 10.0. The molecule has 106 valence electrons. The first-order chi connectivity index (χ1) is 9.10. The Balaban J connectivity index is 1.99. The Kier molecular flexibility index (Phi) is 5.26. The molecular weight excluding hydrogens is 258 g/mol. The molecule has 0 amide bonds. The molecule has 1 saturated heterocycles. The van der Waals surface area contributed by atoms with Crippen LogP contribution in [-0.4, -0.2) is 36.1 Å². The van der Waals surface area contributed by atoms with Gasteiger partial charge in [-0.25, -0.2) is 0 Å². The topological polar surface area (TPSA) is 12.5 Å². The molecule has 0 bridgehead atoms. The van der Waals surface area contributed by atoms with Crippen LogP contribution in [-0.2, 0) is 11.3 Å². The van der Waals surface area contributed by atoms with Crippen LogP contribution in [0.4, 0.5) is 0 Å². The molecular formula is C16H24ClNO. The van der Waals surface area contributed by atoms with Crippen molar-refractivity contribution in [3.05, 3.63) is 35.4 Å². The number of ether oxygens (including phenoxy) is 1. The summed E-state index contributed by atoms with van der Waals surface area (Å²) in [6, 6.07) is 9.43. The highest BCUT2D eigenvalue weighted by Crippen LogP contribution is 2.19. The van der Waals surface area contributed by atoms with Gasteiger partial charge in [0.25, 0.3) is 0 Å². The Morgan fingerprint density at radius 1 is 1.32 bits per heavy atom. The number of nitrogens with zero attached hydrogens (tertiary/aromatic N) is 1. The van der Waals surface area contributed by atoms with Crippen LogP contribution in [0.3, 0.4) is 0 Å². The van der Waals surface area contributed by atoms with Crippen LogP contribution in [0, 0.1) is 0 Å². The van der Waals surface area contributed by atoms with Crippen molar-refractivity contribution >= 4 is 11.6 Å². The van der Waals surface area contributed by atoms with Crippen LogP contribution in [0.2, 0.25) is 0 Å². The van der Waals surface area contributed by atoms with Gasteiger partial charge in [0.05, 0.1) is 12.7 Å². The Morgan fingerprint density at radius 3 is 2.58 bits per heavy atom. The van der Waals surface area contributed by atoms with Crippen molar-refractivity contribution in [2.75, 3.05) is 19.0 Å². The lowest BCUT2D eigenvalue weighted by Crippen LogP contribution is -2.48. The van der Waals surface area contributed by atoms with Gasteiger partial charge in [-0.15, -0.1) is 11.6 Å². The molecule has 2 unspecified atom stereocenters. The maximum Gasteiger partial charge on any atom is 0.0838 e. The average Bonchev–Trinajstić information content (AvgIpc) is 2.42. The zero-order chi connectivity index (χ0) is 13.8. The van der Waals surface area contributed by atoms with E-state index in [1.54, 1.807) is 0 Å². The number of alkyl halides is 1. The predicted octanol–water partition coefficient (Wildman–Crippen LogP) is 3.64. The van der Waals surface area contributed by atoms with Gasteiger partial charge in [0, 0.05) is 25.0 Å². The van der Waals surface area contributed by atoms with Gasteiger partial charge in [-0.3, -0.25) is 4.90 Å². The van der Waals surface area contributed by atoms with Gasteiger partial charge in [0.15, 0.2) is 0 Å². The van der Waals surface area contributed by atoms with Crippen LogP contribution >= 0.6 is 11.6 Å². The molecule has 1 aliphatic rings. The number of benzene rings is 1. The summed E-state index contributed by atoms with van der Waals surface area (Å²) in [5.74, 6) is 1.17. The second-order valence-electron chi connectivity index (χ2n) is 5.78. The van der Waals surface area contributed by atoms with Crippen LogP contribution in [0.15, 0.2) is 24.3 Å². The van der Waals surface area contributed by atoms with Crippen LogP contribution < -0.4 is 0 Å². The van der Waals surface area contributed by atoms with Crippen molar-refractivity contribution < 1.29 is 4.74 Å². The van der Waals surface area contributed by atoms with E-state index in [1.165, 1.54) is 11.1 Å². The molecule has 0 aliphatic carbocycles. The fourth-order valence-electron chi connectivity index (χ4n) is 2.43. The minimum atomic E-state index is 0.174. The first-order valence-electron chi connectivity index (χ1n) is 7.10. The zero-order valence-electron chi connectivity index (χ0n) is 12.1. The van der Waals surface area contributed by atoms with Crippen LogP contribution in [0.5, 0.6) is 0 Å². The smallest absolute Gasteiger partial charge is 0.0838 e. The van der Waals surface area contributed by atoms with Crippen molar-refractivity contribution in [3.8, 4) is 0 Å². The molecule has 19 heavy (non-hydrogen) atoms. The maximum atomic E-state index is 5.90. The fraction of sp³-hybridized carbons (Fsp3) is 0.625. The summed E-state index contributed by atoms with van der Waals surface area (Å²) in [4.78, 5) is 2.46. The summed E-state index contributed by atoms with van der Waals surface area (Å²) in [5, 5.41) is 0. The first-order valence-corrected chi connectivity index (χ1v) is 7.64. The van der Waals surface area contributed by atoms with Gasteiger partial charge in [0.1, 0.15) is 0 Å². The SMILES string of the molecule is CC(C)c1ccc(CN2CC(CCl)OCC2C)cc1. The second-order valence-corrected chi connectivity index (χ2v) is 6.09. The van der Waals surface area contributed by atoms with Gasteiger partial charge in [0.2, 0.25) is 0 Å². The van der Waals surface area contributed by atoms with Gasteiger partial charge in [-0.05, 0) is 24.0 Å². The Labute approximate surface area is 121 Å². The Bertz CT molecular complexity index is 390. The van der Waals surface area contributed by atoms with E-state index in [1.807, 2.05) is 0 Å². The van der Waals surface area contributed by atoms with Crippen molar-refractivity contribution in [3.63, 3.8) is 0 Å². The van der Waals surface area contributed by atoms with Crippen LogP contribution in [0.1, 0.15) is 37.8 Å². The van der Waals surface area contributed by atoms with Crippen molar-refractivity contribution in [1.82, 2.24) is 4.90 Å². The van der Waals surface area contributed by atoms with E-state index < -0.39 is 0 Å². The van der Waals surface area contributed by atoms with Crippen molar-refractivity contribution in [2.24, 2.45) is 0 Å². The minimum Gasteiger partial charge on any atom is -0.374 e. The third kappa shape index (κ3) is 3.95. The number of hydrogen-bond acceptors (Lipinski definition) is 2. The summed E-state index contributed by atoms with van der Waals surface area (Å²) >= 11 is 5.90. The quantitative estimate of drug-likeness (QED) is 0.782. The molecule has 0 aromatic heterocycles. The van der Waals surface area contributed by atoms with Gasteiger partial charge in [-0.1, -0.05) is 38.1 Å². The summed E-state index contributed by atoms with van der Waals surface area (Å²) in [5.41, 5.74) is 2.77. The predicted molar refractivity (Wildman–Crippen MR) is 80.9 cm³/mol. The highest BCUT2D eigenvalue weighted by atomic mass is 35.5. The van der Waals surface area contributed by atoms with Gasteiger partial charge >= 0.3 is 0 Å². The molecule has 0 N–H and O–H groups in total. The lowest BCUT2D eigenvalue weighted by Gasteiger charge is -2.37. The standard InChI is InChI=1S/C16H24ClNO/c1-12(2)15-6-4-14(5-7-15)9-18-10-16(8-17)19-11-13(18)3/h4-7,12-13,16H,8-11H2,1-3H3. The summed E-state index contributed by atoms with van der Waals surface area (Å²) in [6.07, 6.45) is 0.174. The highest BCUT2D eigenvalue weighted by Gasteiger charge is 2.25. The summed E-state index contributed by atoms with van der Waals surface area (Å²) < 4.78 is 5.68. The number of hydrogen-bond donors (Lipinski definition) is 0. The van der Waals surface area contributed by atoms with Crippen molar-refractivity contribution in [2.45, 2.75) is 45.4 Å². The van der Waals surface area contributed by atoms with Crippen LogP contribution in [0.25, 0.3) is 0 Å². The fourth-order valence-corrected chi connectivity index (χ4v) is 2.62. The number of morpholine rings is 1. The van der Waals surface area contributed by atoms with Gasteiger partial charge in [-0.2, -0.15) is 0 Å². The molecule has 2 atom stereocenters. The first kappa shape index (κ1) is 14.8. The van der Waals surface area contributed by atoms with E-state index in [0.717, 1.165) is 19.7 Å². The number of halogens is 1. The minimum absolute atomic E-state index is 0.174. The number of rotatable bonds is 4. The van der Waals surface area contributed by atoms with E-state index >= 15 is 0 Å². The monoisotopic (exact) mass is 281 g/mol. The Hall–Kier alpha value is -0.570. The normalized spacial score (nSPS) is 24.9. The molecule has 2 rings (SSSR count). The lowest BCUT2D eigenvalue weighted by molar-refractivity contribution is -0.0510. The summed E-state index contributed by atoms with van der Waals surface area (Å²) in [6.45, 7) is 9.36. The molecule has 2 nitrogen and oxygen atoms in total. The van der Waals surface area contributed by atoms with E-state index in [4.69, 9.17) is 16.3 Å². The van der Waals surface area contributed by atoms with E-state index in [2.05, 4.69) is 49.9 Å². The molecule has 0 spiro atoms. The Morgan fingerprint density at radius 2 is 2.00 bits per heavy atom. The summed E-state index contributed by atoms with van der Waals surface area (Å²) in [7, 11) is 0. The molecule has 1 heterocycles. The third-order valence-electron chi connectivity index (χ3n) is 3.84. The zero-order valence-corrected chi connectivity index (χ0v) is 12.9. The average molecular weight is 282 g/mol. The molecule has 3 heteroatoms.